The van der Waals surface area contributed by atoms with Crippen LogP contribution in [0.5, 0.6) is 0 Å². The minimum Gasteiger partial charge on any atom is -0.343 e. The molecule has 146 valence electrons. The normalized spacial score (nSPS) is 12.0. The second-order valence-electron chi connectivity index (χ2n) is 7.23. The zero-order chi connectivity index (χ0) is 20.4. The Labute approximate surface area is 170 Å². The molecule has 5 heteroatoms. The molecule has 1 unspecified atom stereocenters. The van der Waals surface area contributed by atoms with Crippen molar-refractivity contribution in [2.75, 3.05) is 5.32 Å². The predicted molar refractivity (Wildman–Crippen MR) is 118 cm³/mol. The Morgan fingerprint density at radius 2 is 1.76 bits per heavy atom. The second kappa shape index (κ2) is 7.80. The molecule has 0 bridgehead atoms. The number of benzene rings is 2. The SMILES string of the molecule is Cc1c(-c2ccccc2)n(C)c2ccc(NC(=O)NC(C)c3ccncc3)cc12. The predicted octanol–water partition coefficient (Wildman–Crippen LogP) is 5.43. The first-order valence-electron chi connectivity index (χ1n) is 9.66. The fourth-order valence-corrected chi connectivity index (χ4v) is 3.81. The van der Waals surface area contributed by atoms with E-state index < -0.39 is 0 Å². The lowest BCUT2D eigenvalue weighted by Crippen LogP contribution is -2.31. The van der Waals surface area contributed by atoms with Crippen LogP contribution in [0.25, 0.3) is 22.2 Å². The average molecular weight is 384 g/mol. The van der Waals surface area contributed by atoms with Crippen molar-refractivity contribution in [2.45, 2.75) is 19.9 Å². The van der Waals surface area contributed by atoms with Gasteiger partial charge in [-0.2, -0.15) is 0 Å². The Bertz CT molecular complexity index is 1150. The van der Waals surface area contributed by atoms with Gasteiger partial charge in [0, 0.05) is 36.0 Å². The van der Waals surface area contributed by atoms with Crippen molar-refractivity contribution >= 4 is 22.6 Å². The van der Waals surface area contributed by atoms with E-state index >= 15 is 0 Å². The lowest BCUT2D eigenvalue weighted by atomic mass is 10.1. The number of fused-ring (bicyclic) bond motifs is 1. The largest absolute Gasteiger partial charge is 0.343 e. The lowest BCUT2D eigenvalue weighted by Gasteiger charge is -2.15. The highest BCUT2D eigenvalue weighted by Gasteiger charge is 2.15. The third-order valence-corrected chi connectivity index (χ3v) is 5.31. The summed E-state index contributed by atoms with van der Waals surface area (Å²) in [5, 5.41) is 7.05. The van der Waals surface area contributed by atoms with E-state index in [1.54, 1.807) is 12.4 Å². The summed E-state index contributed by atoms with van der Waals surface area (Å²) in [5.41, 5.74) is 6.48. The van der Waals surface area contributed by atoms with Crippen molar-refractivity contribution in [1.29, 1.82) is 0 Å². The number of urea groups is 1. The number of nitrogens with one attached hydrogen (secondary N) is 2. The van der Waals surface area contributed by atoms with Crippen LogP contribution in [-0.2, 0) is 7.05 Å². The minimum absolute atomic E-state index is 0.107. The first-order chi connectivity index (χ1) is 14.0. The summed E-state index contributed by atoms with van der Waals surface area (Å²) in [6.45, 7) is 4.08. The Morgan fingerprint density at radius 3 is 2.48 bits per heavy atom. The van der Waals surface area contributed by atoms with E-state index in [1.165, 1.54) is 16.8 Å². The van der Waals surface area contributed by atoms with Crippen molar-refractivity contribution in [3.8, 4) is 11.3 Å². The number of carbonyl (C=O) groups excluding carboxylic acids is 1. The fourth-order valence-electron chi connectivity index (χ4n) is 3.81. The number of carbonyl (C=O) groups is 1. The Hall–Kier alpha value is -3.60. The van der Waals surface area contributed by atoms with Gasteiger partial charge in [0.05, 0.1) is 11.7 Å². The summed E-state index contributed by atoms with van der Waals surface area (Å²) in [5.74, 6) is 0. The highest BCUT2D eigenvalue weighted by Crippen LogP contribution is 2.33. The number of aryl methyl sites for hydroxylation is 2. The molecule has 1 atom stereocenters. The summed E-state index contributed by atoms with van der Waals surface area (Å²) in [4.78, 5) is 16.5. The summed E-state index contributed by atoms with van der Waals surface area (Å²) < 4.78 is 2.20. The first kappa shape index (κ1) is 18.7. The molecule has 0 spiro atoms. The zero-order valence-electron chi connectivity index (χ0n) is 16.8. The van der Waals surface area contributed by atoms with Crippen LogP contribution in [0.15, 0.2) is 73.1 Å². The number of rotatable bonds is 4. The number of anilines is 1. The molecule has 5 nitrogen and oxygen atoms in total. The molecule has 0 aliphatic rings. The molecule has 0 aliphatic heterocycles. The van der Waals surface area contributed by atoms with E-state index in [0.717, 1.165) is 22.2 Å². The Balaban J connectivity index is 1.58. The van der Waals surface area contributed by atoms with Crippen LogP contribution >= 0.6 is 0 Å². The van der Waals surface area contributed by atoms with Crippen LogP contribution in [0, 0.1) is 6.92 Å². The first-order valence-corrected chi connectivity index (χ1v) is 9.66. The quantitative estimate of drug-likeness (QED) is 0.493. The van der Waals surface area contributed by atoms with Gasteiger partial charge >= 0.3 is 6.03 Å². The molecule has 0 radical (unpaired) electrons. The number of hydrogen-bond donors (Lipinski definition) is 2. The molecule has 29 heavy (non-hydrogen) atoms. The summed E-state index contributed by atoms with van der Waals surface area (Å²) >= 11 is 0. The monoisotopic (exact) mass is 384 g/mol. The zero-order valence-corrected chi connectivity index (χ0v) is 16.8. The topological polar surface area (TPSA) is 59.0 Å². The number of nitrogens with zero attached hydrogens (tertiary/aromatic N) is 2. The van der Waals surface area contributed by atoms with Gasteiger partial charge in [0.2, 0.25) is 0 Å². The average Bonchev–Trinajstić information content (AvgIpc) is 2.99. The number of pyridine rings is 1. The third kappa shape index (κ3) is 3.72. The number of hydrogen-bond acceptors (Lipinski definition) is 2. The van der Waals surface area contributed by atoms with Crippen molar-refractivity contribution in [3.63, 3.8) is 0 Å². The van der Waals surface area contributed by atoms with Gasteiger partial charge < -0.3 is 15.2 Å². The van der Waals surface area contributed by atoms with Crippen molar-refractivity contribution in [3.05, 3.63) is 84.2 Å². The highest BCUT2D eigenvalue weighted by molar-refractivity contribution is 5.97. The molecule has 2 aromatic heterocycles. The van der Waals surface area contributed by atoms with Gasteiger partial charge in [-0.25, -0.2) is 4.79 Å². The van der Waals surface area contributed by atoms with Crippen LogP contribution in [0.1, 0.15) is 24.1 Å². The molecule has 4 aromatic rings. The van der Waals surface area contributed by atoms with Gasteiger partial charge in [0.25, 0.3) is 0 Å². The van der Waals surface area contributed by atoms with Gasteiger partial charge in [-0.3, -0.25) is 4.98 Å². The molecule has 2 aromatic carbocycles. The van der Waals surface area contributed by atoms with Gasteiger partial charge in [0.1, 0.15) is 0 Å². The summed E-state index contributed by atoms with van der Waals surface area (Å²) in [6.07, 6.45) is 3.45. The summed E-state index contributed by atoms with van der Waals surface area (Å²) in [6, 6.07) is 19.8. The molecule has 2 amide bonds. The standard InChI is InChI=1S/C24H24N4O/c1-16-21-15-20(27-24(29)26-17(2)18-11-13-25-14-12-18)9-10-22(21)28(3)23(16)19-7-5-4-6-8-19/h4-15,17H,1-3H3,(H2,26,27,29). The van der Waals surface area contributed by atoms with Crippen LogP contribution in [0.2, 0.25) is 0 Å². The van der Waals surface area contributed by atoms with E-state index in [0.29, 0.717) is 0 Å². The maximum absolute atomic E-state index is 12.5. The fraction of sp³-hybridized carbons (Fsp3) is 0.167. The van der Waals surface area contributed by atoms with Crippen LogP contribution < -0.4 is 10.6 Å². The molecule has 4 rings (SSSR count). The molecule has 0 fully saturated rings. The van der Waals surface area contributed by atoms with E-state index in [-0.39, 0.29) is 12.1 Å². The van der Waals surface area contributed by atoms with Gasteiger partial charge in [-0.05, 0) is 60.9 Å². The maximum Gasteiger partial charge on any atom is 0.319 e. The molecular weight excluding hydrogens is 360 g/mol. The Morgan fingerprint density at radius 1 is 1.03 bits per heavy atom. The Kier molecular flexibility index (Phi) is 5.04. The molecular formula is C24H24N4O. The molecule has 2 N–H and O–H groups in total. The van der Waals surface area contributed by atoms with Crippen molar-refractivity contribution in [1.82, 2.24) is 14.9 Å². The minimum atomic E-state index is -0.231. The van der Waals surface area contributed by atoms with Crippen LogP contribution in [-0.4, -0.2) is 15.6 Å². The van der Waals surface area contributed by atoms with Gasteiger partial charge in [-0.1, -0.05) is 30.3 Å². The number of amides is 2. The molecule has 0 aliphatic carbocycles. The maximum atomic E-state index is 12.5. The van der Waals surface area contributed by atoms with E-state index in [2.05, 4.69) is 52.4 Å². The van der Waals surface area contributed by atoms with Crippen molar-refractivity contribution < 1.29 is 4.79 Å². The smallest absolute Gasteiger partial charge is 0.319 e. The lowest BCUT2D eigenvalue weighted by molar-refractivity contribution is 0.249. The molecule has 2 heterocycles. The molecule has 0 saturated carbocycles. The highest BCUT2D eigenvalue weighted by atomic mass is 16.2. The van der Waals surface area contributed by atoms with Crippen LogP contribution in [0.3, 0.4) is 0 Å². The van der Waals surface area contributed by atoms with Gasteiger partial charge in [0.15, 0.2) is 0 Å². The third-order valence-electron chi connectivity index (χ3n) is 5.31. The van der Waals surface area contributed by atoms with E-state index in [9.17, 15) is 4.79 Å². The van der Waals surface area contributed by atoms with E-state index in [1.807, 2.05) is 49.4 Å². The summed E-state index contributed by atoms with van der Waals surface area (Å²) in [7, 11) is 2.08. The second-order valence-corrected chi connectivity index (χ2v) is 7.23. The number of aromatic nitrogens is 2. The molecule has 0 saturated heterocycles. The van der Waals surface area contributed by atoms with Crippen LogP contribution in [0.4, 0.5) is 10.5 Å². The van der Waals surface area contributed by atoms with Gasteiger partial charge in [-0.15, -0.1) is 0 Å². The van der Waals surface area contributed by atoms with Crippen molar-refractivity contribution in [2.24, 2.45) is 7.05 Å². The van der Waals surface area contributed by atoms with E-state index in [4.69, 9.17) is 0 Å².